The highest BCUT2D eigenvalue weighted by Crippen LogP contribution is 2.45. The molecule has 0 aromatic carbocycles. The first-order chi connectivity index (χ1) is 45.6. The summed E-state index contributed by atoms with van der Waals surface area (Å²) < 4.78 is 68.4. The lowest BCUT2D eigenvalue weighted by Crippen LogP contribution is -2.30. The number of aliphatic hydroxyl groups is 1. The topological polar surface area (TPSA) is 237 Å². The Hall–Kier alpha value is -1.94. The molecule has 6 atom stereocenters. The predicted molar refractivity (Wildman–Crippen MR) is 386 cm³/mol. The number of hydrogen-bond donors (Lipinski definition) is 3. The summed E-state index contributed by atoms with van der Waals surface area (Å²) in [5.41, 5.74) is 0. The van der Waals surface area contributed by atoms with Gasteiger partial charge in [0.05, 0.1) is 26.4 Å². The van der Waals surface area contributed by atoms with Crippen molar-refractivity contribution in [3.8, 4) is 0 Å². The molecular formula is C76H148O17P2. The lowest BCUT2D eigenvalue weighted by molar-refractivity contribution is -0.161. The molecule has 0 heterocycles. The number of carbonyl (C=O) groups excluding carboxylic acids is 4. The van der Waals surface area contributed by atoms with Gasteiger partial charge in [-0.05, 0) is 49.4 Å². The Balaban J connectivity index is 5.11. The number of phosphoric ester groups is 2. The van der Waals surface area contributed by atoms with Crippen molar-refractivity contribution in [1.29, 1.82) is 0 Å². The molecule has 17 nitrogen and oxygen atoms in total. The number of hydrogen-bond acceptors (Lipinski definition) is 15. The lowest BCUT2D eigenvalue weighted by atomic mass is 9.99. The van der Waals surface area contributed by atoms with Crippen LogP contribution in [0.1, 0.15) is 383 Å². The third-order valence-corrected chi connectivity index (χ3v) is 19.8. The molecule has 95 heavy (non-hydrogen) atoms. The number of phosphoric acid groups is 2. The second-order valence-electron chi connectivity index (χ2n) is 29.1. The molecule has 3 N–H and O–H groups in total. The minimum absolute atomic E-state index is 0.102. The molecule has 0 saturated carbocycles. The summed E-state index contributed by atoms with van der Waals surface area (Å²) in [6, 6.07) is 0. The quantitative estimate of drug-likeness (QED) is 0.0222. The van der Waals surface area contributed by atoms with E-state index in [1.165, 1.54) is 180 Å². The Morgan fingerprint density at radius 3 is 0.747 bits per heavy atom. The fourth-order valence-electron chi connectivity index (χ4n) is 11.5. The van der Waals surface area contributed by atoms with Crippen molar-refractivity contribution in [3.63, 3.8) is 0 Å². The zero-order valence-electron chi connectivity index (χ0n) is 62.3. The maximum atomic E-state index is 13.0. The van der Waals surface area contributed by atoms with E-state index in [1.54, 1.807) is 0 Å². The van der Waals surface area contributed by atoms with Gasteiger partial charge < -0.3 is 33.8 Å². The van der Waals surface area contributed by atoms with Crippen LogP contribution in [0.5, 0.6) is 0 Å². The largest absolute Gasteiger partial charge is 0.472 e. The summed E-state index contributed by atoms with van der Waals surface area (Å²) in [5.74, 6) is 0.885. The molecule has 0 fully saturated rings. The van der Waals surface area contributed by atoms with Crippen LogP contribution in [0.2, 0.25) is 0 Å². The molecule has 0 spiro atoms. The number of rotatable bonds is 73. The highest BCUT2D eigenvalue weighted by atomic mass is 31.2. The first-order valence-corrected chi connectivity index (χ1v) is 42.2. The van der Waals surface area contributed by atoms with Gasteiger partial charge in [-0.1, -0.05) is 331 Å². The van der Waals surface area contributed by atoms with E-state index in [1.807, 2.05) is 0 Å². The smallest absolute Gasteiger partial charge is 0.462 e. The summed E-state index contributed by atoms with van der Waals surface area (Å²) in [5, 5.41) is 10.6. The molecule has 0 aromatic heterocycles. The van der Waals surface area contributed by atoms with E-state index < -0.39 is 97.5 Å². The van der Waals surface area contributed by atoms with Crippen LogP contribution in [0.3, 0.4) is 0 Å². The minimum atomic E-state index is -4.95. The molecule has 0 amide bonds. The SMILES string of the molecule is CCC(C)CCCCCCCCCCCCCCCCCCCCC(=O)OC[C@H](COP(=O)(O)OCC(O)COP(=O)(O)OC[C@@H](COC(=O)CCCCCCCCCC(C)C)OC(=O)CCCCCCCCCCCCCC(C)C)OC(=O)CCCCCCCCC(C)C. The van der Waals surface area contributed by atoms with E-state index in [2.05, 4.69) is 55.4 Å². The van der Waals surface area contributed by atoms with Crippen molar-refractivity contribution in [2.24, 2.45) is 23.7 Å². The molecule has 0 bridgehead atoms. The monoisotopic (exact) mass is 1400 g/mol. The van der Waals surface area contributed by atoms with E-state index in [9.17, 15) is 43.2 Å². The van der Waals surface area contributed by atoms with E-state index >= 15 is 0 Å². The fraction of sp³-hybridized carbons (Fsp3) is 0.947. The fourth-order valence-corrected chi connectivity index (χ4v) is 13.1. The molecule has 0 aliphatic heterocycles. The van der Waals surface area contributed by atoms with Gasteiger partial charge in [0.15, 0.2) is 12.2 Å². The van der Waals surface area contributed by atoms with E-state index in [4.69, 9.17) is 37.0 Å². The number of carbonyl (C=O) groups is 4. The van der Waals surface area contributed by atoms with Gasteiger partial charge in [0, 0.05) is 25.7 Å². The van der Waals surface area contributed by atoms with Crippen LogP contribution in [0.4, 0.5) is 0 Å². The maximum Gasteiger partial charge on any atom is 0.472 e. The average Bonchev–Trinajstić information content (AvgIpc) is 1.35. The second-order valence-corrected chi connectivity index (χ2v) is 32.0. The molecule has 0 aromatic rings. The number of aliphatic hydroxyl groups excluding tert-OH is 1. The molecule has 0 aliphatic rings. The average molecular weight is 1400 g/mol. The zero-order chi connectivity index (χ0) is 70.3. The van der Waals surface area contributed by atoms with E-state index in [-0.39, 0.29) is 25.7 Å². The van der Waals surface area contributed by atoms with Gasteiger partial charge >= 0.3 is 39.5 Å². The van der Waals surface area contributed by atoms with Crippen LogP contribution < -0.4 is 0 Å². The zero-order valence-corrected chi connectivity index (χ0v) is 64.1. The Morgan fingerprint density at radius 2 is 0.505 bits per heavy atom. The summed E-state index contributed by atoms with van der Waals surface area (Å²) in [7, 11) is -9.91. The summed E-state index contributed by atoms with van der Waals surface area (Å²) in [6.45, 7) is 14.1. The van der Waals surface area contributed by atoms with Crippen LogP contribution in [0, 0.1) is 23.7 Å². The summed E-state index contributed by atoms with van der Waals surface area (Å²) >= 11 is 0. The first-order valence-electron chi connectivity index (χ1n) is 39.2. The van der Waals surface area contributed by atoms with Crippen molar-refractivity contribution in [2.75, 3.05) is 39.6 Å². The summed E-state index contributed by atoms with van der Waals surface area (Å²) in [6.07, 6.45) is 50.4. The maximum absolute atomic E-state index is 13.0. The first kappa shape index (κ1) is 93.1. The third kappa shape index (κ3) is 69.0. The van der Waals surface area contributed by atoms with Crippen molar-refractivity contribution in [1.82, 2.24) is 0 Å². The van der Waals surface area contributed by atoms with Crippen molar-refractivity contribution >= 4 is 39.5 Å². The van der Waals surface area contributed by atoms with E-state index in [0.717, 1.165) is 108 Å². The van der Waals surface area contributed by atoms with Gasteiger partial charge in [-0.3, -0.25) is 37.3 Å². The van der Waals surface area contributed by atoms with Gasteiger partial charge in [-0.25, -0.2) is 9.13 Å². The molecule has 0 rings (SSSR count). The van der Waals surface area contributed by atoms with Crippen LogP contribution in [-0.2, 0) is 65.4 Å². The van der Waals surface area contributed by atoms with Gasteiger partial charge in [-0.2, -0.15) is 0 Å². The molecule has 19 heteroatoms. The summed E-state index contributed by atoms with van der Waals surface area (Å²) in [4.78, 5) is 72.7. The molecule has 4 unspecified atom stereocenters. The van der Waals surface area contributed by atoms with Gasteiger partial charge in [-0.15, -0.1) is 0 Å². The molecule has 0 saturated heterocycles. The van der Waals surface area contributed by atoms with Gasteiger partial charge in [0.25, 0.3) is 0 Å². The molecule has 564 valence electrons. The van der Waals surface area contributed by atoms with Crippen molar-refractivity contribution < 1.29 is 80.2 Å². The molecule has 0 aliphatic carbocycles. The van der Waals surface area contributed by atoms with Gasteiger partial charge in [0.1, 0.15) is 19.3 Å². The minimum Gasteiger partial charge on any atom is -0.462 e. The highest BCUT2D eigenvalue weighted by Gasteiger charge is 2.30. The van der Waals surface area contributed by atoms with Gasteiger partial charge in [0.2, 0.25) is 0 Å². The number of unbranched alkanes of at least 4 members (excludes halogenated alkanes) is 38. The Labute approximate surface area is 581 Å². The lowest BCUT2D eigenvalue weighted by Gasteiger charge is -2.21. The Bertz CT molecular complexity index is 1870. The van der Waals surface area contributed by atoms with Crippen molar-refractivity contribution in [3.05, 3.63) is 0 Å². The molecular weight excluding hydrogens is 1250 g/mol. The standard InChI is InChI=1S/C76H148O17P2/c1-9-69(8)55-47-39-30-24-20-16-14-12-10-11-13-15-17-21-25-31-40-48-56-73(78)86-63-72(93-76(81)59-51-43-35-34-38-46-54-68(6)7)65-91-95(84,85)89-61-70(77)60-88-94(82,83)90-64-71(62-87-74(79)57-49-41-33-27-29-37-45-53-67(4)5)92-75(80)58-50-42-32-26-22-18-19-23-28-36-44-52-66(2)3/h66-72,77H,9-65H2,1-8H3,(H,82,83)(H,84,85)/t69?,70?,71-,72-/m1/s1. The van der Waals surface area contributed by atoms with E-state index in [0.29, 0.717) is 37.5 Å². The number of esters is 4. The number of ether oxygens (including phenoxy) is 4. The Kier molecular flexibility index (Phi) is 64.0. The van der Waals surface area contributed by atoms with Crippen LogP contribution in [0.15, 0.2) is 0 Å². The second kappa shape index (κ2) is 65.4. The van der Waals surface area contributed by atoms with Crippen LogP contribution in [0.25, 0.3) is 0 Å². The third-order valence-electron chi connectivity index (χ3n) is 17.9. The predicted octanol–water partition coefficient (Wildman–Crippen LogP) is 22.0. The van der Waals surface area contributed by atoms with Crippen LogP contribution in [-0.4, -0.2) is 96.7 Å². The highest BCUT2D eigenvalue weighted by molar-refractivity contribution is 7.47. The Morgan fingerprint density at radius 1 is 0.295 bits per heavy atom. The molecule has 0 radical (unpaired) electrons. The van der Waals surface area contributed by atoms with Crippen LogP contribution >= 0.6 is 15.6 Å². The van der Waals surface area contributed by atoms with Crippen molar-refractivity contribution in [2.45, 2.75) is 401 Å². The normalized spacial score (nSPS) is 14.4.